The van der Waals surface area contributed by atoms with E-state index in [2.05, 4.69) is 20.5 Å². The molecule has 2 heterocycles. The number of para-hydroxylation sites is 2. The van der Waals surface area contributed by atoms with Crippen molar-refractivity contribution in [3.05, 3.63) is 60.2 Å². The fourth-order valence-corrected chi connectivity index (χ4v) is 4.90. The maximum Gasteiger partial charge on any atom is 0.236 e. The van der Waals surface area contributed by atoms with Gasteiger partial charge < -0.3 is 14.6 Å². The summed E-state index contributed by atoms with van der Waals surface area (Å²) in [6.07, 6.45) is -0.521. The summed E-state index contributed by atoms with van der Waals surface area (Å²) >= 11 is 2.71. The van der Waals surface area contributed by atoms with Gasteiger partial charge in [-0.3, -0.25) is 4.79 Å². The molecule has 166 valence electrons. The molecule has 2 aromatic carbocycles. The molecular formula is C22H22FN5O2S2. The van der Waals surface area contributed by atoms with Crippen LogP contribution in [0.25, 0.3) is 10.2 Å². The number of benzene rings is 2. The maximum absolute atomic E-state index is 14.0. The lowest BCUT2D eigenvalue weighted by molar-refractivity contribution is -0.113. The first-order valence-corrected chi connectivity index (χ1v) is 11.9. The maximum atomic E-state index is 14.0. The summed E-state index contributed by atoms with van der Waals surface area (Å²) in [5.74, 6) is 0.268. The fraction of sp³-hybridized carbons (Fsp3) is 0.273. The van der Waals surface area contributed by atoms with Crippen LogP contribution in [-0.4, -0.2) is 31.4 Å². The fourth-order valence-electron chi connectivity index (χ4n) is 3.14. The number of ether oxygens (including phenoxy) is 1. The highest BCUT2D eigenvalue weighted by atomic mass is 32.2. The summed E-state index contributed by atoms with van der Waals surface area (Å²) in [6.45, 7) is 5.78. The van der Waals surface area contributed by atoms with Crippen LogP contribution in [0.4, 0.5) is 9.52 Å². The van der Waals surface area contributed by atoms with Crippen LogP contribution in [0.1, 0.15) is 38.7 Å². The Bertz CT molecular complexity index is 1210. The molecule has 0 radical (unpaired) electrons. The normalized spacial score (nSPS) is 12.3. The first kappa shape index (κ1) is 22.2. The van der Waals surface area contributed by atoms with E-state index in [0.29, 0.717) is 16.1 Å². The molecule has 0 saturated carbocycles. The highest BCUT2D eigenvalue weighted by Crippen LogP contribution is 2.29. The number of hydrogen-bond acceptors (Lipinski definition) is 7. The number of hydrogen-bond donors (Lipinski definition) is 1. The third-order valence-corrected chi connectivity index (χ3v) is 6.48. The van der Waals surface area contributed by atoms with E-state index in [-0.39, 0.29) is 23.5 Å². The van der Waals surface area contributed by atoms with Gasteiger partial charge in [-0.05, 0) is 45.0 Å². The molecule has 0 aliphatic carbocycles. The van der Waals surface area contributed by atoms with Crippen LogP contribution < -0.4 is 10.1 Å². The van der Waals surface area contributed by atoms with Gasteiger partial charge in [-0.2, -0.15) is 0 Å². The number of anilines is 1. The van der Waals surface area contributed by atoms with E-state index in [1.165, 1.54) is 29.2 Å². The molecule has 2 aromatic heterocycles. The molecular weight excluding hydrogens is 449 g/mol. The van der Waals surface area contributed by atoms with Crippen molar-refractivity contribution < 1.29 is 13.9 Å². The minimum absolute atomic E-state index is 0.0292. The van der Waals surface area contributed by atoms with Crippen molar-refractivity contribution in [1.82, 2.24) is 19.7 Å². The van der Waals surface area contributed by atoms with Gasteiger partial charge in [0.1, 0.15) is 0 Å². The summed E-state index contributed by atoms with van der Waals surface area (Å²) in [5.41, 5.74) is 0.855. The van der Waals surface area contributed by atoms with Gasteiger partial charge in [0.25, 0.3) is 0 Å². The molecule has 1 unspecified atom stereocenters. The Kier molecular flexibility index (Phi) is 6.71. The van der Waals surface area contributed by atoms with E-state index in [1.807, 2.05) is 42.7 Å². The first-order chi connectivity index (χ1) is 15.4. The Balaban J connectivity index is 1.43. The SMILES string of the molecule is CC(Oc1ccccc1F)c1nnc(SCC(=O)Nc2nc3ccccc3s2)n1C(C)C. The molecule has 1 amide bonds. The zero-order valence-electron chi connectivity index (χ0n) is 17.8. The topological polar surface area (TPSA) is 81.9 Å². The number of aromatic nitrogens is 4. The average Bonchev–Trinajstić information content (AvgIpc) is 3.37. The van der Waals surface area contributed by atoms with Crippen LogP contribution in [-0.2, 0) is 4.79 Å². The molecule has 7 nitrogen and oxygen atoms in total. The number of thioether (sulfide) groups is 1. The summed E-state index contributed by atoms with van der Waals surface area (Å²) in [5, 5.41) is 12.5. The predicted molar refractivity (Wildman–Crippen MR) is 125 cm³/mol. The Morgan fingerprint density at radius 3 is 2.66 bits per heavy atom. The molecule has 1 N–H and O–H groups in total. The number of nitrogens with zero attached hydrogens (tertiary/aromatic N) is 4. The van der Waals surface area contributed by atoms with Crippen LogP contribution in [0, 0.1) is 5.82 Å². The Hall–Kier alpha value is -2.98. The average molecular weight is 472 g/mol. The third kappa shape index (κ3) is 4.91. The van der Waals surface area contributed by atoms with Crippen LogP contribution in [0.2, 0.25) is 0 Å². The van der Waals surface area contributed by atoms with E-state index >= 15 is 0 Å². The predicted octanol–water partition coefficient (Wildman–Crippen LogP) is 5.48. The first-order valence-electron chi connectivity index (χ1n) is 10.1. The van der Waals surface area contributed by atoms with Gasteiger partial charge in [0.15, 0.2) is 33.8 Å². The van der Waals surface area contributed by atoms with E-state index in [4.69, 9.17) is 4.74 Å². The second-order valence-corrected chi connectivity index (χ2v) is 9.29. The second-order valence-electron chi connectivity index (χ2n) is 7.32. The number of thiazole rings is 1. The van der Waals surface area contributed by atoms with Gasteiger partial charge in [0.2, 0.25) is 5.91 Å². The zero-order chi connectivity index (χ0) is 22.7. The minimum Gasteiger partial charge on any atom is -0.480 e. The van der Waals surface area contributed by atoms with E-state index < -0.39 is 11.9 Å². The third-order valence-electron chi connectivity index (χ3n) is 4.58. The van der Waals surface area contributed by atoms with Crippen LogP contribution >= 0.6 is 23.1 Å². The summed E-state index contributed by atoms with van der Waals surface area (Å²) in [7, 11) is 0. The lowest BCUT2D eigenvalue weighted by Gasteiger charge is -2.19. The van der Waals surface area contributed by atoms with Crippen LogP contribution in [0.3, 0.4) is 0 Å². The number of fused-ring (bicyclic) bond motifs is 1. The molecule has 32 heavy (non-hydrogen) atoms. The molecule has 0 spiro atoms. The van der Waals surface area contributed by atoms with Crippen molar-refractivity contribution in [2.45, 2.75) is 38.1 Å². The zero-order valence-corrected chi connectivity index (χ0v) is 19.4. The van der Waals surface area contributed by atoms with Crippen molar-refractivity contribution in [3.63, 3.8) is 0 Å². The quantitative estimate of drug-likeness (QED) is 0.343. The van der Waals surface area contributed by atoms with Crippen molar-refractivity contribution in [2.24, 2.45) is 0 Å². The molecule has 0 aliphatic rings. The van der Waals surface area contributed by atoms with Gasteiger partial charge in [-0.15, -0.1) is 10.2 Å². The van der Waals surface area contributed by atoms with Gasteiger partial charge in [0, 0.05) is 6.04 Å². The number of carbonyl (C=O) groups excluding carboxylic acids is 1. The minimum atomic E-state index is -0.521. The smallest absolute Gasteiger partial charge is 0.236 e. The summed E-state index contributed by atoms with van der Waals surface area (Å²) in [4.78, 5) is 16.9. The summed E-state index contributed by atoms with van der Waals surface area (Å²) < 4.78 is 22.7. The second kappa shape index (κ2) is 9.66. The van der Waals surface area contributed by atoms with Gasteiger partial charge in [0.05, 0.1) is 16.0 Å². The van der Waals surface area contributed by atoms with Crippen molar-refractivity contribution >= 4 is 44.4 Å². The summed E-state index contributed by atoms with van der Waals surface area (Å²) in [6, 6.07) is 14.0. The molecule has 0 fully saturated rings. The van der Waals surface area contributed by atoms with Crippen molar-refractivity contribution in [1.29, 1.82) is 0 Å². The molecule has 10 heteroatoms. The highest BCUT2D eigenvalue weighted by Gasteiger charge is 2.23. The van der Waals surface area contributed by atoms with Gasteiger partial charge >= 0.3 is 0 Å². The monoisotopic (exact) mass is 471 g/mol. The molecule has 4 aromatic rings. The van der Waals surface area contributed by atoms with Gasteiger partial charge in [-0.1, -0.05) is 47.4 Å². The van der Waals surface area contributed by atoms with E-state index in [1.54, 1.807) is 25.1 Å². The van der Waals surface area contributed by atoms with E-state index in [0.717, 1.165) is 10.2 Å². The Morgan fingerprint density at radius 1 is 1.16 bits per heavy atom. The Morgan fingerprint density at radius 2 is 1.91 bits per heavy atom. The molecule has 0 saturated heterocycles. The lowest BCUT2D eigenvalue weighted by atomic mass is 10.3. The van der Waals surface area contributed by atoms with Crippen LogP contribution in [0.15, 0.2) is 53.7 Å². The Labute approximate surface area is 193 Å². The van der Waals surface area contributed by atoms with E-state index in [9.17, 15) is 9.18 Å². The molecule has 0 aliphatic heterocycles. The van der Waals surface area contributed by atoms with Crippen molar-refractivity contribution in [3.8, 4) is 5.75 Å². The molecule has 4 rings (SSSR count). The van der Waals surface area contributed by atoms with Crippen molar-refractivity contribution in [2.75, 3.05) is 11.1 Å². The van der Waals surface area contributed by atoms with Gasteiger partial charge in [-0.25, -0.2) is 9.37 Å². The number of nitrogens with one attached hydrogen (secondary N) is 1. The van der Waals surface area contributed by atoms with Crippen LogP contribution in [0.5, 0.6) is 5.75 Å². The standard InChI is InChI=1S/C22H22FN5O2S2/c1-13(2)28-20(14(3)30-17-10-6-4-8-15(17)23)26-27-22(28)31-12-19(29)25-21-24-16-9-5-7-11-18(16)32-21/h4-11,13-14H,12H2,1-3H3,(H,24,25,29). The number of rotatable bonds is 8. The molecule has 1 atom stereocenters. The largest absolute Gasteiger partial charge is 0.480 e. The number of amides is 1. The number of halogens is 1. The molecule has 0 bridgehead atoms. The number of carbonyl (C=O) groups is 1. The highest BCUT2D eigenvalue weighted by molar-refractivity contribution is 7.99. The lowest BCUT2D eigenvalue weighted by Crippen LogP contribution is -2.16.